The number of fused-ring (bicyclic) bond motifs is 1. The highest BCUT2D eigenvalue weighted by atomic mass is 35.5. The molecule has 0 bridgehead atoms. The third kappa shape index (κ3) is 2.81. The lowest BCUT2D eigenvalue weighted by Crippen LogP contribution is -2.11. The number of benzene rings is 2. The fourth-order valence-corrected chi connectivity index (χ4v) is 2.61. The Morgan fingerprint density at radius 2 is 1.95 bits per heavy atom. The summed E-state index contributed by atoms with van der Waals surface area (Å²) in [5, 5.41) is 0.983. The highest BCUT2D eigenvalue weighted by molar-refractivity contribution is 6.50. The Kier molecular flexibility index (Phi) is 3.82. The molecule has 1 heterocycles. The van der Waals surface area contributed by atoms with Crippen LogP contribution in [-0.4, -0.2) is 9.97 Å². The van der Waals surface area contributed by atoms with Crippen molar-refractivity contribution < 1.29 is 0 Å². The minimum absolute atomic E-state index is 0.181. The maximum absolute atomic E-state index is 12.2. The summed E-state index contributed by atoms with van der Waals surface area (Å²) in [6.07, 6.45) is 1.80. The van der Waals surface area contributed by atoms with Gasteiger partial charge in [0, 0.05) is 0 Å². The van der Waals surface area contributed by atoms with E-state index in [1.807, 2.05) is 50.2 Å². The summed E-state index contributed by atoms with van der Waals surface area (Å²) in [5.41, 5.74) is 3.56. The normalized spacial score (nSPS) is 11.9. The van der Waals surface area contributed by atoms with Crippen molar-refractivity contribution in [1.29, 1.82) is 0 Å². The molecular formula is C18H15ClN2O. The third-order valence-electron chi connectivity index (χ3n) is 3.50. The summed E-state index contributed by atoms with van der Waals surface area (Å²) in [4.78, 5) is 19.4. The van der Waals surface area contributed by atoms with E-state index in [2.05, 4.69) is 9.97 Å². The molecule has 110 valence electrons. The van der Waals surface area contributed by atoms with Crippen LogP contribution in [0.5, 0.6) is 0 Å². The monoisotopic (exact) mass is 310 g/mol. The highest BCUT2D eigenvalue weighted by Gasteiger charge is 2.08. The molecule has 4 heteroatoms. The summed E-state index contributed by atoms with van der Waals surface area (Å²) < 4.78 is 0. The van der Waals surface area contributed by atoms with Gasteiger partial charge in [0.2, 0.25) is 0 Å². The summed E-state index contributed by atoms with van der Waals surface area (Å²) >= 11 is 6.35. The lowest BCUT2D eigenvalue weighted by atomic mass is 10.1. The topological polar surface area (TPSA) is 45.8 Å². The van der Waals surface area contributed by atoms with Gasteiger partial charge in [-0.3, -0.25) is 4.79 Å². The fraction of sp³-hybridized carbons (Fsp3) is 0.111. The van der Waals surface area contributed by atoms with Gasteiger partial charge in [0.1, 0.15) is 0 Å². The first-order chi connectivity index (χ1) is 10.5. The van der Waals surface area contributed by atoms with E-state index in [0.29, 0.717) is 21.8 Å². The van der Waals surface area contributed by atoms with Crippen LogP contribution in [0.15, 0.2) is 47.3 Å². The zero-order valence-electron chi connectivity index (χ0n) is 12.4. The van der Waals surface area contributed by atoms with Crippen molar-refractivity contribution in [3.05, 3.63) is 75.3 Å². The zero-order chi connectivity index (χ0) is 15.7. The highest BCUT2D eigenvalue weighted by Crippen LogP contribution is 2.21. The lowest BCUT2D eigenvalue weighted by molar-refractivity contribution is 1.13. The molecule has 3 rings (SSSR count). The Morgan fingerprint density at radius 1 is 1.18 bits per heavy atom. The molecule has 0 saturated carbocycles. The predicted octanol–water partition coefficient (Wildman–Crippen LogP) is 4.28. The van der Waals surface area contributed by atoms with Crippen LogP contribution in [0.3, 0.4) is 0 Å². The molecule has 3 nitrogen and oxygen atoms in total. The number of aryl methyl sites for hydroxylation is 2. The number of hydrogen-bond donors (Lipinski definition) is 1. The van der Waals surface area contributed by atoms with E-state index in [9.17, 15) is 4.79 Å². The van der Waals surface area contributed by atoms with Gasteiger partial charge in [-0.15, -0.1) is 0 Å². The molecule has 0 amide bonds. The van der Waals surface area contributed by atoms with Crippen LogP contribution in [0.2, 0.25) is 0 Å². The second kappa shape index (κ2) is 5.78. The molecule has 0 unspecified atom stereocenters. The number of aromatic amines is 1. The van der Waals surface area contributed by atoms with Crippen LogP contribution in [0.25, 0.3) is 22.0 Å². The molecule has 2 aromatic carbocycles. The van der Waals surface area contributed by atoms with E-state index in [-0.39, 0.29) is 5.56 Å². The van der Waals surface area contributed by atoms with Gasteiger partial charge in [-0.2, -0.15) is 0 Å². The molecule has 22 heavy (non-hydrogen) atoms. The summed E-state index contributed by atoms with van der Waals surface area (Å²) in [6, 6.07) is 13.5. The third-order valence-corrected chi connectivity index (χ3v) is 3.79. The minimum atomic E-state index is -0.181. The molecule has 0 radical (unpaired) electrons. The second-order valence-corrected chi connectivity index (χ2v) is 5.70. The van der Waals surface area contributed by atoms with Crippen LogP contribution in [-0.2, 0) is 0 Å². The SMILES string of the molecule is Cc1cccc(/C=C(\Cl)c2nc3c(C)cccc3c(=O)[nH]2)c1. The number of nitrogens with zero attached hydrogens (tertiary/aromatic N) is 1. The average molecular weight is 311 g/mol. The van der Waals surface area contributed by atoms with Crippen LogP contribution >= 0.6 is 11.6 Å². The Bertz CT molecular complexity index is 941. The number of nitrogens with one attached hydrogen (secondary N) is 1. The lowest BCUT2D eigenvalue weighted by Gasteiger charge is -2.04. The summed E-state index contributed by atoms with van der Waals surface area (Å²) in [7, 11) is 0. The van der Waals surface area contributed by atoms with Gasteiger partial charge in [-0.05, 0) is 37.1 Å². The van der Waals surface area contributed by atoms with E-state index < -0.39 is 0 Å². The standard InChI is InChI=1S/C18H15ClN2O/c1-11-5-3-7-13(9-11)10-15(19)17-20-16-12(2)6-4-8-14(16)18(22)21-17/h3-10H,1-2H3,(H,20,21,22)/b15-10-. The quantitative estimate of drug-likeness (QED) is 0.768. The Balaban J connectivity index is 2.14. The molecule has 0 aliphatic carbocycles. The first-order valence-corrected chi connectivity index (χ1v) is 7.36. The van der Waals surface area contributed by atoms with Gasteiger partial charge < -0.3 is 4.98 Å². The number of halogens is 1. The zero-order valence-corrected chi connectivity index (χ0v) is 13.1. The number of H-pyrrole nitrogens is 1. The molecule has 1 N–H and O–H groups in total. The van der Waals surface area contributed by atoms with Crippen LogP contribution in [0, 0.1) is 13.8 Å². The van der Waals surface area contributed by atoms with Gasteiger partial charge in [0.15, 0.2) is 5.82 Å². The van der Waals surface area contributed by atoms with E-state index >= 15 is 0 Å². The molecule has 0 spiro atoms. The van der Waals surface area contributed by atoms with Crippen molar-refractivity contribution in [2.24, 2.45) is 0 Å². The number of rotatable bonds is 2. The molecule has 0 aliphatic heterocycles. The molecule has 0 saturated heterocycles. The Morgan fingerprint density at radius 3 is 2.73 bits per heavy atom. The maximum Gasteiger partial charge on any atom is 0.259 e. The smallest absolute Gasteiger partial charge is 0.259 e. The molecule has 0 fully saturated rings. The van der Waals surface area contributed by atoms with Gasteiger partial charge >= 0.3 is 0 Å². The van der Waals surface area contributed by atoms with Gasteiger partial charge in [0.25, 0.3) is 5.56 Å². The van der Waals surface area contributed by atoms with E-state index in [1.165, 1.54) is 0 Å². The summed E-state index contributed by atoms with van der Waals surface area (Å²) in [6.45, 7) is 3.95. The van der Waals surface area contributed by atoms with Crippen molar-refractivity contribution >= 4 is 33.6 Å². The predicted molar refractivity (Wildman–Crippen MR) is 92.0 cm³/mol. The molecule has 0 aliphatic rings. The Hall–Kier alpha value is -2.39. The first-order valence-electron chi connectivity index (χ1n) is 6.98. The van der Waals surface area contributed by atoms with Crippen molar-refractivity contribution in [3.63, 3.8) is 0 Å². The van der Waals surface area contributed by atoms with E-state index in [0.717, 1.165) is 16.7 Å². The average Bonchev–Trinajstić information content (AvgIpc) is 2.48. The molecule has 3 aromatic rings. The van der Waals surface area contributed by atoms with Crippen molar-refractivity contribution in [3.8, 4) is 0 Å². The van der Waals surface area contributed by atoms with Crippen LogP contribution in [0.1, 0.15) is 22.5 Å². The van der Waals surface area contributed by atoms with Crippen molar-refractivity contribution in [2.45, 2.75) is 13.8 Å². The molecular weight excluding hydrogens is 296 g/mol. The second-order valence-electron chi connectivity index (χ2n) is 5.29. The fourth-order valence-electron chi connectivity index (χ4n) is 2.39. The maximum atomic E-state index is 12.2. The molecule has 0 atom stereocenters. The van der Waals surface area contributed by atoms with Crippen LogP contribution in [0.4, 0.5) is 0 Å². The van der Waals surface area contributed by atoms with E-state index in [1.54, 1.807) is 12.1 Å². The minimum Gasteiger partial charge on any atom is -0.305 e. The summed E-state index contributed by atoms with van der Waals surface area (Å²) in [5.74, 6) is 0.384. The molecule has 1 aromatic heterocycles. The van der Waals surface area contributed by atoms with Gasteiger partial charge in [0.05, 0.1) is 15.9 Å². The first kappa shape index (κ1) is 14.5. The largest absolute Gasteiger partial charge is 0.305 e. The van der Waals surface area contributed by atoms with Crippen molar-refractivity contribution in [2.75, 3.05) is 0 Å². The van der Waals surface area contributed by atoms with Crippen molar-refractivity contribution in [1.82, 2.24) is 9.97 Å². The van der Waals surface area contributed by atoms with Crippen LogP contribution < -0.4 is 5.56 Å². The van der Waals surface area contributed by atoms with Gasteiger partial charge in [-0.25, -0.2) is 4.98 Å². The number of hydrogen-bond acceptors (Lipinski definition) is 2. The number of para-hydroxylation sites is 1. The van der Waals surface area contributed by atoms with Gasteiger partial charge in [-0.1, -0.05) is 53.6 Å². The van der Waals surface area contributed by atoms with E-state index in [4.69, 9.17) is 11.6 Å². The number of aromatic nitrogens is 2. The Labute approximate surface area is 133 Å².